The molecule has 2 rings (SSSR count). The van der Waals surface area contributed by atoms with Crippen molar-refractivity contribution >= 4 is 27.3 Å². The maximum Gasteiger partial charge on any atom is 0.349 e. The molecule has 1 aromatic heterocycles. The normalized spacial score (nSPS) is 20.8. The third kappa shape index (κ3) is 2.86. The van der Waals surface area contributed by atoms with Crippen LogP contribution in [0.5, 0.6) is 0 Å². The van der Waals surface area contributed by atoms with E-state index in [-0.39, 0.29) is 35.5 Å². The van der Waals surface area contributed by atoms with Gasteiger partial charge in [0.1, 0.15) is 9.77 Å². The monoisotopic (exact) mass is 320 g/mol. The minimum Gasteiger partial charge on any atom is -0.465 e. The van der Waals surface area contributed by atoms with Crippen molar-refractivity contribution in [3.05, 3.63) is 16.3 Å². The van der Waals surface area contributed by atoms with Crippen molar-refractivity contribution in [3.8, 4) is 0 Å². The molecule has 7 nitrogen and oxygen atoms in total. The minimum atomic E-state index is -3.74. The summed E-state index contributed by atoms with van der Waals surface area (Å²) in [5, 5.41) is 1.56. The number of esters is 1. The number of carbonyl (C=O) groups is 1. The van der Waals surface area contributed by atoms with Crippen molar-refractivity contribution in [2.24, 2.45) is 5.73 Å². The zero-order valence-corrected chi connectivity index (χ0v) is 12.6. The van der Waals surface area contributed by atoms with Gasteiger partial charge < -0.3 is 15.2 Å². The number of ether oxygens (including phenoxy) is 2. The Balaban J connectivity index is 2.31. The van der Waals surface area contributed by atoms with Gasteiger partial charge in [-0.15, -0.1) is 11.3 Å². The van der Waals surface area contributed by atoms with E-state index < -0.39 is 16.0 Å². The fourth-order valence-electron chi connectivity index (χ4n) is 1.93. The second kappa shape index (κ2) is 6.19. The lowest BCUT2D eigenvalue weighted by atomic mass is 10.3. The van der Waals surface area contributed by atoms with Gasteiger partial charge in [0.05, 0.1) is 19.8 Å². The molecule has 0 radical (unpaired) electrons. The predicted molar refractivity (Wildman–Crippen MR) is 73.2 cm³/mol. The van der Waals surface area contributed by atoms with Crippen LogP contribution in [-0.2, 0) is 19.5 Å². The maximum absolute atomic E-state index is 12.6. The van der Waals surface area contributed by atoms with Crippen molar-refractivity contribution in [3.63, 3.8) is 0 Å². The number of nitrogens with zero attached hydrogens (tertiary/aromatic N) is 1. The second-order valence-electron chi connectivity index (χ2n) is 4.20. The molecular formula is C11H16N2O5S2. The van der Waals surface area contributed by atoms with Crippen molar-refractivity contribution < 1.29 is 22.7 Å². The van der Waals surface area contributed by atoms with Crippen LogP contribution in [0, 0.1) is 0 Å². The first kappa shape index (κ1) is 15.4. The summed E-state index contributed by atoms with van der Waals surface area (Å²) in [5.41, 5.74) is 5.51. The molecular weight excluding hydrogens is 304 g/mol. The van der Waals surface area contributed by atoms with Crippen LogP contribution in [-0.4, -0.2) is 58.1 Å². The summed E-state index contributed by atoms with van der Waals surface area (Å²) in [7, 11) is -2.52. The number of hydrogen-bond acceptors (Lipinski definition) is 7. The van der Waals surface area contributed by atoms with E-state index in [0.29, 0.717) is 6.61 Å². The smallest absolute Gasteiger partial charge is 0.349 e. The summed E-state index contributed by atoms with van der Waals surface area (Å²) in [6.07, 6.45) is -0.321. The molecule has 0 amide bonds. The standard InChI is InChI=1S/C11H16N2O5S2/c1-17-11(14)10-9(2-5-19-10)20(15,16)13-3-4-18-8(6-12)7-13/h2,5,8H,3-4,6-7,12H2,1H3. The van der Waals surface area contributed by atoms with Crippen molar-refractivity contribution in [1.82, 2.24) is 4.31 Å². The summed E-state index contributed by atoms with van der Waals surface area (Å²) < 4.78 is 36.4. The summed E-state index contributed by atoms with van der Waals surface area (Å²) in [6.45, 7) is 0.975. The third-order valence-electron chi connectivity index (χ3n) is 2.98. The maximum atomic E-state index is 12.6. The largest absolute Gasteiger partial charge is 0.465 e. The van der Waals surface area contributed by atoms with E-state index in [1.807, 2.05) is 0 Å². The van der Waals surface area contributed by atoms with E-state index in [1.54, 1.807) is 5.38 Å². The Kier molecular flexibility index (Phi) is 4.76. The molecule has 1 aromatic rings. The summed E-state index contributed by atoms with van der Waals surface area (Å²) >= 11 is 1.04. The van der Waals surface area contributed by atoms with Crippen molar-refractivity contribution in [2.75, 3.05) is 33.4 Å². The fraction of sp³-hybridized carbons (Fsp3) is 0.545. The van der Waals surface area contributed by atoms with Crippen LogP contribution in [0.25, 0.3) is 0 Å². The highest BCUT2D eigenvalue weighted by Gasteiger charge is 2.34. The van der Waals surface area contributed by atoms with E-state index in [1.165, 1.54) is 17.5 Å². The Morgan fingerprint density at radius 2 is 2.40 bits per heavy atom. The number of carbonyl (C=O) groups excluding carboxylic acids is 1. The number of sulfonamides is 1. The molecule has 112 valence electrons. The minimum absolute atomic E-state index is 0.0213. The number of rotatable bonds is 4. The number of thiophene rings is 1. The van der Waals surface area contributed by atoms with Gasteiger partial charge >= 0.3 is 5.97 Å². The molecule has 9 heteroatoms. The van der Waals surface area contributed by atoms with Gasteiger partial charge in [-0.25, -0.2) is 13.2 Å². The first-order valence-corrected chi connectivity index (χ1v) is 8.30. The molecule has 2 heterocycles. The summed E-state index contributed by atoms with van der Waals surface area (Å²) in [4.78, 5) is 11.7. The topological polar surface area (TPSA) is 98.9 Å². The van der Waals surface area contributed by atoms with Gasteiger partial charge in [-0.1, -0.05) is 0 Å². The molecule has 2 N–H and O–H groups in total. The Morgan fingerprint density at radius 1 is 1.65 bits per heavy atom. The first-order chi connectivity index (χ1) is 9.50. The molecule has 1 aliphatic rings. The van der Waals surface area contributed by atoms with E-state index in [2.05, 4.69) is 4.74 Å². The van der Waals surface area contributed by atoms with Crippen LogP contribution in [0.15, 0.2) is 16.3 Å². The zero-order valence-electron chi connectivity index (χ0n) is 10.9. The molecule has 1 saturated heterocycles. The van der Waals surface area contributed by atoms with Gasteiger partial charge in [0.25, 0.3) is 0 Å². The van der Waals surface area contributed by atoms with E-state index in [9.17, 15) is 13.2 Å². The highest BCUT2D eigenvalue weighted by atomic mass is 32.2. The van der Waals surface area contributed by atoms with E-state index in [4.69, 9.17) is 10.5 Å². The van der Waals surface area contributed by atoms with Crippen LogP contribution < -0.4 is 5.73 Å². The number of morpholine rings is 1. The first-order valence-electron chi connectivity index (χ1n) is 5.98. The van der Waals surface area contributed by atoms with Crippen LogP contribution in [0.2, 0.25) is 0 Å². The van der Waals surface area contributed by atoms with Crippen molar-refractivity contribution in [2.45, 2.75) is 11.0 Å². The molecule has 1 fully saturated rings. The van der Waals surface area contributed by atoms with Crippen LogP contribution in [0.4, 0.5) is 0 Å². The molecule has 1 unspecified atom stereocenters. The molecule has 0 bridgehead atoms. The molecule has 1 atom stereocenters. The Bertz CT molecular complexity index is 583. The molecule has 0 aliphatic carbocycles. The summed E-state index contributed by atoms with van der Waals surface area (Å²) in [5.74, 6) is -0.651. The highest BCUT2D eigenvalue weighted by Crippen LogP contribution is 2.27. The average Bonchev–Trinajstić information content (AvgIpc) is 2.96. The van der Waals surface area contributed by atoms with Crippen LogP contribution in [0.3, 0.4) is 0 Å². The fourth-order valence-corrected chi connectivity index (χ4v) is 4.70. The number of methoxy groups -OCH3 is 1. The number of nitrogens with two attached hydrogens (primary N) is 1. The lowest BCUT2D eigenvalue weighted by Crippen LogP contribution is -2.48. The molecule has 20 heavy (non-hydrogen) atoms. The van der Waals surface area contributed by atoms with E-state index >= 15 is 0 Å². The van der Waals surface area contributed by atoms with Crippen LogP contribution >= 0.6 is 11.3 Å². The lowest BCUT2D eigenvalue weighted by Gasteiger charge is -2.31. The predicted octanol–water partition coefficient (Wildman–Crippen LogP) is -0.117. The second-order valence-corrected chi connectivity index (χ2v) is 7.02. The van der Waals surface area contributed by atoms with Gasteiger partial charge in [-0.05, 0) is 11.4 Å². The SMILES string of the molecule is COC(=O)c1sccc1S(=O)(=O)N1CCOC(CN)C1. The zero-order chi connectivity index (χ0) is 14.8. The highest BCUT2D eigenvalue weighted by molar-refractivity contribution is 7.89. The summed E-state index contributed by atoms with van der Waals surface area (Å²) in [6, 6.07) is 1.42. The Labute approximate surface area is 121 Å². The number of hydrogen-bond donors (Lipinski definition) is 1. The van der Waals surface area contributed by atoms with Crippen LogP contribution in [0.1, 0.15) is 9.67 Å². The lowest BCUT2D eigenvalue weighted by molar-refractivity contribution is 0.00449. The Hall–Kier alpha value is -1.00. The van der Waals surface area contributed by atoms with E-state index in [0.717, 1.165) is 11.3 Å². The average molecular weight is 320 g/mol. The molecule has 0 aromatic carbocycles. The van der Waals surface area contributed by atoms with Gasteiger partial charge in [0, 0.05) is 19.6 Å². The molecule has 0 saturated carbocycles. The van der Waals surface area contributed by atoms with Gasteiger partial charge in [-0.3, -0.25) is 0 Å². The van der Waals surface area contributed by atoms with Crippen molar-refractivity contribution in [1.29, 1.82) is 0 Å². The Morgan fingerprint density at radius 3 is 3.05 bits per heavy atom. The third-order valence-corrected chi connectivity index (χ3v) is 5.91. The van der Waals surface area contributed by atoms with Gasteiger partial charge in [0.2, 0.25) is 10.0 Å². The van der Waals surface area contributed by atoms with Gasteiger partial charge in [-0.2, -0.15) is 4.31 Å². The molecule has 1 aliphatic heterocycles. The van der Waals surface area contributed by atoms with Gasteiger partial charge in [0.15, 0.2) is 0 Å². The molecule has 0 spiro atoms. The quantitative estimate of drug-likeness (QED) is 0.777.